The van der Waals surface area contributed by atoms with Gasteiger partial charge in [0.2, 0.25) is 0 Å². The maximum atomic E-state index is 6.78. The van der Waals surface area contributed by atoms with Gasteiger partial charge in [-0.05, 0) is 0 Å². The fourth-order valence-electron chi connectivity index (χ4n) is 0.952. The predicted octanol–water partition coefficient (Wildman–Crippen LogP) is -0.919. The largest absolute Gasteiger partial charge is 1.00 e. The van der Waals surface area contributed by atoms with Crippen LogP contribution >= 0.6 is 0 Å². The van der Waals surface area contributed by atoms with Crippen LogP contribution in [0.1, 0.15) is 25.7 Å². The summed E-state index contributed by atoms with van der Waals surface area (Å²) in [7, 11) is 0. The summed E-state index contributed by atoms with van der Waals surface area (Å²) in [6, 6.07) is 0. The molecular formula is C8H9Li. The smallest absolute Gasteiger partial charge is 0.366 e. The molecule has 0 aliphatic heterocycles. The van der Waals surface area contributed by atoms with Crippen molar-refractivity contribution in [3.05, 3.63) is 18.1 Å². The zero-order chi connectivity index (χ0) is 5.82. The Hall–Kier alpha value is -0.103. The molecule has 0 amide bonds. The molecule has 0 saturated carbocycles. The fourth-order valence-corrected chi connectivity index (χ4v) is 0.952. The summed E-state index contributed by atoms with van der Waals surface area (Å²) in [4.78, 5) is 0. The second-order valence-electron chi connectivity index (χ2n) is 2.10. The first-order valence-electron chi connectivity index (χ1n) is 3.05. The second-order valence-corrected chi connectivity index (χ2v) is 2.10. The van der Waals surface area contributed by atoms with Gasteiger partial charge < -0.3 is 6.42 Å². The summed E-state index contributed by atoms with van der Waals surface area (Å²) in [6.07, 6.45) is 13.7. The van der Waals surface area contributed by atoms with E-state index in [2.05, 4.69) is 12.0 Å². The Morgan fingerprint density at radius 2 is 2.22 bits per heavy atom. The third kappa shape index (κ3) is 2.80. The van der Waals surface area contributed by atoms with E-state index in [4.69, 9.17) is 6.42 Å². The van der Waals surface area contributed by atoms with E-state index in [0.29, 0.717) is 0 Å². The van der Waals surface area contributed by atoms with Crippen LogP contribution < -0.4 is 18.9 Å². The van der Waals surface area contributed by atoms with Gasteiger partial charge in [0.25, 0.3) is 0 Å². The van der Waals surface area contributed by atoms with Crippen molar-refractivity contribution >= 4 is 0 Å². The van der Waals surface area contributed by atoms with E-state index in [1.54, 1.807) is 0 Å². The van der Waals surface area contributed by atoms with Gasteiger partial charge in [-0.15, -0.1) is 0 Å². The van der Waals surface area contributed by atoms with Gasteiger partial charge in [0.15, 0.2) is 0 Å². The monoisotopic (exact) mass is 112 g/mol. The first-order valence-corrected chi connectivity index (χ1v) is 3.05. The minimum atomic E-state index is 0. The van der Waals surface area contributed by atoms with Crippen molar-refractivity contribution < 1.29 is 18.9 Å². The molecular weight excluding hydrogens is 103 g/mol. The molecule has 42 valence electrons. The molecule has 0 bridgehead atoms. The van der Waals surface area contributed by atoms with Crippen molar-refractivity contribution in [1.29, 1.82) is 0 Å². The minimum Gasteiger partial charge on any atom is -0.366 e. The first kappa shape index (κ1) is 8.90. The summed E-state index contributed by atoms with van der Waals surface area (Å²) in [5.74, 6) is 2.42. The van der Waals surface area contributed by atoms with Crippen LogP contribution in [0.25, 0.3) is 0 Å². The van der Waals surface area contributed by atoms with Crippen LogP contribution in [-0.2, 0) is 0 Å². The average molecular weight is 112 g/mol. The Balaban J connectivity index is 0.000000640. The zero-order valence-corrected chi connectivity index (χ0v) is 5.91. The Kier molecular flexibility index (Phi) is 4.69. The number of hydrogen-bond donors (Lipinski definition) is 0. The van der Waals surface area contributed by atoms with E-state index in [-0.39, 0.29) is 18.9 Å². The Bertz CT molecular complexity index is 139. The molecule has 0 aromatic heterocycles. The molecule has 0 spiro atoms. The van der Waals surface area contributed by atoms with Crippen LogP contribution in [0.3, 0.4) is 0 Å². The predicted molar refractivity (Wildman–Crippen MR) is 33.7 cm³/mol. The average Bonchev–Trinajstić information content (AvgIpc) is 1.90. The molecule has 1 aliphatic carbocycles. The molecule has 0 heterocycles. The molecule has 9 heavy (non-hydrogen) atoms. The van der Waals surface area contributed by atoms with Gasteiger partial charge in [-0.2, -0.15) is 11.6 Å². The molecule has 1 rings (SSSR count). The van der Waals surface area contributed by atoms with Crippen LogP contribution in [-0.4, -0.2) is 0 Å². The van der Waals surface area contributed by atoms with E-state index in [1.807, 2.05) is 0 Å². The SMILES string of the molecule is [C-]#CC1=CCCCC1.[Li+]. The van der Waals surface area contributed by atoms with Crippen LogP contribution in [0.5, 0.6) is 0 Å². The fraction of sp³-hybridized carbons (Fsp3) is 0.500. The molecule has 0 unspecified atom stereocenters. The number of hydrogen-bond acceptors (Lipinski definition) is 0. The first-order chi connectivity index (χ1) is 3.93. The van der Waals surface area contributed by atoms with E-state index in [9.17, 15) is 0 Å². The van der Waals surface area contributed by atoms with Gasteiger partial charge in [-0.3, -0.25) is 5.92 Å². The molecule has 0 saturated heterocycles. The Morgan fingerprint density at radius 1 is 1.44 bits per heavy atom. The van der Waals surface area contributed by atoms with Gasteiger partial charge in [0.05, 0.1) is 0 Å². The quantitative estimate of drug-likeness (QED) is 0.216. The normalized spacial score (nSPS) is 17.0. The summed E-state index contributed by atoms with van der Waals surface area (Å²) >= 11 is 0. The number of allylic oxidation sites excluding steroid dienone is 2. The maximum Gasteiger partial charge on any atom is 1.00 e. The molecule has 0 fully saturated rings. The van der Waals surface area contributed by atoms with Gasteiger partial charge in [-0.1, -0.05) is 25.7 Å². The molecule has 0 N–H and O–H groups in total. The van der Waals surface area contributed by atoms with Gasteiger partial charge in [0, 0.05) is 0 Å². The van der Waals surface area contributed by atoms with Crippen molar-refractivity contribution in [2.24, 2.45) is 0 Å². The molecule has 0 nitrogen and oxygen atoms in total. The Morgan fingerprint density at radius 3 is 2.56 bits per heavy atom. The Labute approximate surface area is 68.9 Å². The summed E-state index contributed by atoms with van der Waals surface area (Å²) < 4.78 is 0. The van der Waals surface area contributed by atoms with Crippen LogP contribution in [0.2, 0.25) is 0 Å². The summed E-state index contributed by atoms with van der Waals surface area (Å²) in [5.41, 5.74) is 1.09. The van der Waals surface area contributed by atoms with Crippen molar-refractivity contribution in [3.8, 4) is 5.92 Å². The molecule has 1 aliphatic rings. The zero-order valence-electron chi connectivity index (χ0n) is 5.91. The standard InChI is InChI=1S/C8H9.Li/c1-2-8-6-4-3-5-7-8;/h6H,3-5,7H2;/q-1;+1. The number of rotatable bonds is 0. The minimum absolute atomic E-state index is 0. The molecule has 0 aromatic carbocycles. The topological polar surface area (TPSA) is 0 Å². The second kappa shape index (κ2) is 4.75. The van der Waals surface area contributed by atoms with Crippen molar-refractivity contribution in [2.75, 3.05) is 0 Å². The van der Waals surface area contributed by atoms with Gasteiger partial charge in [-0.25, -0.2) is 0 Å². The molecule has 0 atom stereocenters. The van der Waals surface area contributed by atoms with E-state index in [1.165, 1.54) is 12.8 Å². The van der Waals surface area contributed by atoms with Crippen LogP contribution in [0.15, 0.2) is 11.6 Å². The summed E-state index contributed by atoms with van der Waals surface area (Å²) in [6.45, 7) is 0. The molecule has 0 aromatic rings. The van der Waals surface area contributed by atoms with E-state index < -0.39 is 0 Å². The van der Waals surface area contributed by atoms with Crippen molar-refractivity contribution in [1.82, 2.24) is 0 Å². The van der Waals surface area contributed by atoms with Gasteiger partial charge >= 0.3 is 18.9 Å². The third-order valence-electron chi connectivity index (χ3n) is 1.45. The molecule has 0 radical (unpaired) electrons. The van der Waals surface area contributed by atoms with Crippen molar-refractivity contribution in [2.45, 2.75) is 25.7 Å². The maximum absolute atomic E-state index is 6.78. The van der Waals surface area contributed by atoms with Crippen LogP contribution in [0.4, 0.5) is 0 Å². The van der Waals surface area contributed by atoms with E-state index in [0.717, 1.165) is 18.4 Å². The van der Waals surface area contributed by atoms with E-state index >= 15 is 0 Å². The van der Waals surface area contributed by atoms with Gasteiger partial charge in [0.1, 0.15) is 0 Å². The third-order valence-corrected chi connectivity index (χ3v) is 1.45. The molecule has 1 heteroatoms. The summed E-state index contributed by atoms with van der Waals surface area (Å²) in [5, 5.41) is 0. The van der Waals surface area contributed by atoms with Crippen LogP contribution in [0, 0.1) is 12.3 Å². The van der Waals surface area contributed by atoms with Crippen molar-refractivity contribution in [3.63, 3.8) is 0 Å².